The molecule has 8 heteroatoms. The lowest BCUT2D eigenvalue weighted by Crippen LogP contribution is -2.61. The van der Waals surface area contributed by atoms with Crippen LogP contribution in [-0.4, -0.2) is 52.7 Å². The summed E-state index contributed by atoms with van der Waals surface area (Å²) in [6, 6.07) is 5.90. The van der Waals surface area contributed by atoms with Gasteiger partial charge in [0.25, 0.3) is 11.8 Å². The van der Waals surface area contributed by atoms with Gasteiger partial charge in [-0.3, -0.25) is 29.4 Å². The molecule has 1 aromatic rings. The molecular formula is C20H22N4O4. The van der Waals surface area contributed by atoms with Gasteiger partial charge in [0.15, 0.2) is 0 Å². The molecule has 1 aliphatic carbocycles. The number of carbonyl (C=O) groups excluding carboxylic acids is 4. The van der Waals surface area contributed by atoms with Crippen molar-refractivity contribution in [2.45, 2.75) is 62.8 Å². The van der Waals surface area contributed by atoms with Crippen molar-refractivity contribution in [2.24, 2.45) is 0 Å². The first-order valence-electron chi connectivity index (χ1n) is 9.84. The van der Waals surface area contributed by atoms with Crippen molar-refractivity contribution < 1.29 is 19.2 Å². The van der Waals surface area contributed by atoms with Crippen molar-refractivity contribution >= 4 is 23.6 Å². The predicted octanol–water partition coefficient (Wildman–Crippen LogP) is 0.0703. The Bertz CT molecular complexity index is 882. The second kappa shape index (κ2) is 6.49. The number of nitrogens with one attached hydrogen (secondary N) is 3. The Hall–Kier alpha value is -2.58. The average molecular weight is 382 g/mol. The molecule has 3 N–H and O–H groups in total. The van der Waals surface area contributed by atoms with Crippen LogP contribution < -0.4 is 16.0 Å². The maximum Gasteiger partial charge on any atom is 0.262 e. The molecule has 0 aromatic heterocycles. The van der Waals surface area contributed by atoms with Crippen LogP contribution in [0.4, 0.5) is 0 Å². The zero-order valence-corrected chi connectivity index (χ0v) is 15.4. The average Bonchev–Trinajstić information content (AvgIpc) is 2.91. The number of benzene rings is 1. The van der Waals surface area contributed by atoms with Gasteiger partial charge in [-0.2, -0.15) is 0 Å². The SMILES string of the molecule is O=C1CCC(N2C(=O)c3cccc(CNC4C[C@@H]5C[C@H](C4)N5)c3C2=O)C(=O)N1. The van der Waals surface area contributed by atoms with Crippen LogP contribution in [0, 0.1) is 0 Å². The molecule has 0 spiro atoms. The van der Waals surface area contributed by atoms with Crippen molar-refractivity contribution in [3.8, 4) is 0 Å². The summed E-state index contributed by atoms with van der Waals surface area (Å²) in [7, 11) is 0. The van der Waals surface area contributed by atoms with Crippen LogP contribution in [-0.2, 0) is 16.1 Å². The van der Waals surface area contributed by atoms with Gasteiger partial charge >= 0.3 is 0 Å². The van der Waals surface area contributed by atoms with Gasteiger partial charge in [-0.25, -0.2) is 0 Å². The maximum atomic E-state index is 13.1. The Labute approximate surface area is 162 Å². The molecule has 2 bridgehead atoms. The lowest BCUT2D eigenvalue weighted by molar-refractivity contribution is -0.136. The molecule has 4 aliphatic heterocycles. The van der Waals surface area contributed by atoms with Crippen molar-refractivity contribution in [1.29, 1.82) is 0 Å². The van der Waals surface area contributed by atoms with E-state index >= 15 is 0 Å². The number of hydrogen-bond acceptors (Lipinski definition) is 6. The topological polar surface area (TPSA) is 108 Å². The minimum Gasteiger partial charge on any atom is -0.311 e. The monoisotopic (exact) mass is 382 g/mol. The van der Waals surface area contributed by atoms with E-state index in [0.29, 0.717) is 35.8 Å². The van der Waals surface area contributed by atoms with E-state index in [-0.39, 0.29) is 18.7 Å². The molecule has 4 atom stereocenters. The molecule has 5 aliphatic rings. The van der Waals surface area contributed by atoms with Crippen LogP contribution in [0.1, 0.15) is 58.4 Å². The summed E-state index contributed by atoms with van der Waals surface area (Å²) in [5, 5.41) is 9.25. The van der Waals surface area contributed by atoms with Crippen molar-refractivity contribution in [3.05, 3.63) is 34.9 Å². The highest BCUT2D eigenvalue weighted by atomic mass is 16.2. The van der Waals surface area contributed by atoms with Crippen LogP contribution >= 0.6 is 0 Å². The number of imide groups is 2. The van der Waals surface area contributed by atoms with Gasteiger partial charge in [0.05, 0.1) is 11.1 Å². The zero-order chi connectivity index (χ0) is 19.4. The predicted molar refractivity (Wildman–Crippen MR) is 98.3 cm³/mol. The standard InChI is InChI=1S/C20H22N4O4/c25-16-5-4-15(18(26)23-16)24-19(27)14-3-1-2-10(17(14)20(24)28)9-21-11-6-12-8-13(7-11)22-12/h1-3,11-13,15,21-22H,4-9H2,(H,23,25,26)/t11?,12-,13+,15?. The fraction of sp³-hybridized carbons (Fsp3) is 0.500. The third kappa shape index (κ3) is 2.75. The second-order valence-electron chi connectivity index (χ2n) is 8.13. The van der Waals surface area contributed by atoms with Crippen LogP contribution in [0.15, 0.2) is 18.2 Å². The maximum absolute atomic E-state index is 13.1. The summed E-state index contributed by atoms with van der Waals surface area (Å²) in [6.45, 7) is 0.509. The molecule has 146 valence electrons. The Morgan fingerprint density at radius 3 is 2.50 bits per heavy atom. The Morgan fingerprint density at radius 2 is 1.79 bits per heavy atom. The first kappa shape index (κ1) is 17.5. The third-order valence-corrected chi connectivity index (χ3v) is 6.31. The van der Waals surface area contributed by atoms with Gasteiger partial charge in [0.1, 0.15) is 6.04 Å². The minimum atomic E-state index is -0.928. The molecule has 4 fully saturated rings. The molecule has 0 radical (unpaired) electrons. The Morgan fingerprint density at radius 1 is 1.04 bits per heavy atom. The molecule has 1 aromatic carbocycles. The highest BCUT2D eigenvalue weighted by molar-refractivity contribution is 6.24. The normalized spacial score (nSPS) is 31.5. The van der Waals surface area contributed by atoms with Gasteiger partial charge < -0.3 is 10.6 Å². The van der Waals surface area contributed by atoms with Crippen molar-refractivity contribution in [2.75, 3.05) is 0 Å². The van der Waals surface area contributed by atoms with E-state index in [9.17, 15) is 19.2 Å². The lowest BCUT2D eigenvalue weighted by Gasteiger charge is -2.46. The summed E-state index contributed by atoms with van der Waals surface area (Å²) in [5.74, 6) is -1.86. The fourth-order valence-electron chi connectivity index (χ4n) is 4.92. The van der Waals surface area contributed by atoms with E-state index in [1.807, 2.05) is 6.07 Å². The molecule has 4 amide bonds. The van der Waals surface area contributed by atoms with Gasteiger partial charge in [-0.1, -0.05) is 12.1 Å². The fourth-order valence-corrected chi connectivity index (χ4v) is 4.92. The first-order chi connectivity index (χ1) is 13.5. The summed E-state index contributed by atoms with van der Waals surface area (Å²) >= 11 is 0. The number of fused-ring (bicyclic) bond motifs is 3. The number of rotatable bonds is 4. The van der Waals surface area contributed by atoms with Crippen LogP contribution in [0.25, 0.3) is 0 Å². The molecule has 1 saturated carbocycles. The minimum absolute atomic E-state index is 0.121. The molecule has 6 rings (SSSR count). The summed E-state index contributed by atoms with van der Waals surface area (Å²) < 4.78 is 0. The second-order valence-corrected chi connectivity index (χ2v) is 8.13. The van der Waals surface area contributed by atoms with E-state index in [4.69, 9.17) is 0 Å². The Balaban J connectivity index is 1.35. The number of carbonyl (C=O) groups is 4. The van der Waals surface area contributed by atoms with Gasteiger partial charge in [-0.15, -0.1) is 0 Å². The molecule has 8 nitrogen and oxygen atoms in total. The van der Waals surface area contributed by atoms with Crippen LogP contribution in [0.2, 0.25) is 0 Å². The molecule has 2 unspecified atom stereocenters. The molecular weight excluding hydrogens is 360 g/mol. The third-order valence-electron chi connectivity index (χ3n) is 6.31. The number of hydrogen-bond donors (Lipinski definition) is 3. The number of piperidine rings is 2. The first-order valence-corrected chi connectivity index (χ1v) is 9.84. The highest BCUT2D eigenvalue weighted by Crippen LogP contribution is 2.31. The van der Waals surface area contributed by atoms with Gasteiger partial charge in [0, 0.05) is 31.1 Å². The van der Waals surface area contributed by atoms with Crippen molar-refractivity contribution in [3.63, 3.8) is 0 Å². The molecule has 3 saturated heterocycles. The quantitative estimate of drug-likeness (QED) is 0.636. The number of nitrogens with zero attached hydrogens (tertiary/aromatic N) is 1. The summed E-state index contributed by atoms with van der Waals surface area (Å²) in [4.78, 5) is 50.5. The van der Waals surface area contributed by atoms with E-state index in [2.05, 4.69) is 16.0 Å². The summed E-state index contributed by atoms with van der Waals surface area (Å²) in [5.41, 5.74) is 1.49. The lowest BCUT2D eigenvalue weighted by atomic mass is 9.79. The van der Waals surface area contributed by atoms with E-state index in [1.165, 1.54) is 6.42 Å². The van der Waals surface area contributed by atoms with Crippen LogP contribution in [0.5, 0.6) is 0 Å². The van der Waals surface area contributed by atoms with E-state index < -0.39 is 23.8 Å². The molecule has 4 heterocycles. The molecule has 28 heavy (non-hydrogen) atoms. The number of amides is 4. The Kier molecular flexibility index (Phi) is 4.06. The van der Waals surface area contributed by atoms with Crippen molar-refractivity contribution in [1.82, 2.24) is 20.9 Å². The van der Waals surface area contributed by atoms with Gasteiger partial charge in [0.2, 0.25) is 11.8 Å². The summed E-state index contributed by atoms with van der Waals surface area (Å²) in [6.07, 6.45) is 3.67. The highest BCUT2D eigenvalue weighted by Gasteiger charge is 2.45. The van der Waals surface area contributed by atoms with Crippen LogP contribution in [0.3, 0.4) is 0 Å². The van der Waals surface area contributed by atoms with E-state index in [1.54, 1.807) is 12.1 Å². The smallest absolute Gasteiger partial charge is 0.262 e. The zero-order valence-electron chi connectivity index (χ0n) is 15.4. The van der Waals surface area contributed by atoms with E-state index in [0.717, 1.165) is 23.3 Å². The van der Waals surface area contributed by atoms with Gasteiger partial charge in [-0.05, 0) is 37.3 Å². The largest absolute Gasteiger partial charge is 0.311 e.